The summed E-state index contributed by atoms with van der Waals surface area (Å²) >= 11 is 0. The Hall–Kier alpha value is -2.89. The maximum atomic E-state index is 12.3. The molecule has 3 rings (SSSR count). The molecule has 3 aromatic rings. The lowest BCUT2D eigenvalue weighted by molar-refractivity contribution is 0.0938. The molecule has 0 aliphatic carbocycles. The number of para-hydroxylation sites is 1. The number of rotatable bonds is 4. The second-order valence-electron chi connectivity index (χ2n) is 5.00. The van der Waals surface area contributed by atoms with E-state index in [1.807, 2.05) is 43.5 Å². The predicted molar refractivity (Wildman–Crippen MR) is 80.7 cm³/mol. The van der Waals surface area contributed by atoms with Crippen LogP contribution in [0.3, 0.4) is 0 Å². The maximum absolute atomic E-state index is 12.3. The van der Waals surface area contributed by atoms with Gasteiger partial charge >= 0.3 is 0 Å². The Labute approximate surface area is 127 Å². The number of hydrogen-bond donors (Lipinski definition) is 1. The summed E-state index contributed by atoms with van der Waals surface area (Å²) < 4.78 is 6.71. The van der Waals surface area contributed by atoms with E-state index in [0.29, 0.717) is 11.3 Å². The summed E-state index contributed by atoms with van der Waals surface area (Å²) in [6.45, 7) is 3.65. The monoisotopic (exact) mass is 296 g/mol. The third-order valence-corrected chi connectivity index (χ3v) is 3.50. The van der Waals surface area contributed by atoms with Crippen molar-refractivity contribution in [3.8, 4) is 5.69 Å². The van der Waals surface area contributed by atoms with Gasteiger partial charge in [0, 0.05) is 12.4 Å². The van der Waals surface area contributed by atoms with Gasteiger partial charge in [-0.05, 0) is 31.5 Å². The lowest BCUT2D eigenvalue weighted by Gasteiger charge is -2.17. The molecule has 112 valence electrons. The number of nitrogens with zero attached hydrogens (tertiary/aromatic N) is 3. The molecule has 6 nitrogen and oxygen atoms in total. The number of carbonyl (C=O) groups is 1. The second-order valence-corrected chi connectivity index (χ2v) is 5.00. The number of aromatic nitrogens is 3. The molecule has 0 aliphatic heterocycles. The molecule has 0 spiro atoms. The molecule has 6 heteroatoms. The third kappa shape index (κ3) is 2.63. The number of amides is 1. The first kappa shape index (κ1) is 14.1. The summed E-state index contributed by atoms with van der Waals surface area (Å²) in [6.07, 6.45) is 5.02. The highest BCUT2D eigenvalue weighted by molar-refractivity contribution is 5.95. The molecule has 2 heterocycles. The van der Waals surface area contributed by atoms with Crippen molar-refractivity contribution in [1.82, 2.24) is 20.3 Å². The quantitative estimate of drug-likeness (QED) is 0.803. The summed E-state index contributed by atoms with van der Waals surface area (Å²) in [5.74, 6) is 0.298. The maximum Gasteiger partial charge on any atom is 0.256 e. The van der Waals surface area contributed by atoms with Crippen LogP contribution in [0.15, 0.2) is 53.4 Å². The molecule has 0 bridgehead atoms. The average molecular weight is 296 g/mol. The topological polar surface area (TPSA) is 73.0 Å². The van der Waals surface area contributed by atoms with Crippen LogP contribution < -0.4 is 5.32 Å². The largest absolute Gasteiger partial charge is 0.361 e. The van der Waals surface area contributed by atoms with Gasteiger partial charge in [-0.3, -0.25) is 4.79 Å². The Morgan fingerprint density at radius 1 is 1.32 bits per heavy atom. The molecule has 2 aromatic heterocycles. The Bertz CT molecular complexity index is 777. The summed E-state index contributed by atoms with van der Waals surface area (Å²) in [4.78, 5) is 12.3. The zero-order chi connectivity index (χ0) is 15.5. The second kappa shape index (κ2) is 5.85. The van der Waals surface area contributed by atoms with Crippen molar-refractivity contribution in [3.05, 3.63) is 65.8 Å². The van der Waals surface area contributed by atoms with Crippen LogP contribution in [0.25, 0.3) is 5.69 Å². The minimum Gasteiger partial charge on any atom is -0.361 e. The number of hydrogen-bond acceptors (Lipinski definition) is 4. The first-order chi connectivity index (χ1) is 10.7. The number of benzene rings is 1. The smallest absolute Gasteiger partial charge is 0.256 e. The fraction of sp³-hybridized carbons (Fsp3) is 0.188. The zero-order valence-corrected chi connectivity index (χ0v) is 12.4. The zero-order valence-electron chi connectivity index (χ0n) is 12.4. The van der Waals surface area contributed by atoms with E-state index in [9.17, 15) is 4.79 Å². The Kier molecular flexibility index (Phi) is 3.74. The van der Waals surface area contributed by atoms with E-state index in [-0.39, 0.29) is 11.9 Å². The van der Waals surface area contributed by atoms with E-state index < -0.39 is 0 Å². The van der Waals surface area contributed by atoms with Crippen LogP contribution >= 0.6 is 0 Å². The van der Waals surface area contributed by atoms with Crippen molar-refractivity contribution in [3.63, 3.8) is 0 Å². The van der Waals surface area contributed by atoms with E-state index in [0.717, 1.165) is 11.3 Å². The van der Waals surface area contributed by atoms with Crippen molar-refractivity contribution < 1.29 is 9.32 Å². The molecule has 0 aliphatic rings. The summed E-state index contributed by atoms with van der Waals surface area (Å²) in [6, 6.07) is 9.51. The Morgan fingerprint density at radius 3 is 2.82 bits per heavy atom. The molecule has 22 heavy (non-hydrogen) atoms. The van der Waals surface area contributed by atoms with Crippen LogP contribution in [0.2, 0.25) is 0 Å². The highest BCUT2D eigenvalue weighted by atomic mass is 16.5. The lowest BCUT2D eigenvalue weighted by atomic mass is 10.1. The molecule has 0 saturated carbocycles. The standard InChI is InChI=1S/C16H16N4O2/c1-11(19-16(21)14-10-18-22-12(14)2)13-6-3-4-7-15(13)20-9-5-8-17-20/h3-11H,1-2H3,(H,19,21)/t11-/m1/s1. The van der Waals surface area contributed by atoms with Gasteiger partial charge in [0.05, 0.1) is 17.9 Å². The van der Waals surface area contributed by atoms with E-state index in [1.165, 1.54) is 6.20 Å². The van der Waals surface area contributed by atoms with Crippen LogP contribution in [0.5, 0.6) is 0 Å². The van der Waals surface area contributed by atoms with E-state index in [1.54, 1.807) is 17.8 Å². The molecule has 0 fully saturated rings. The normalized spacial score (nSPS) is 12.1. The minimum absolute atomic E-state index is 0.179. The average Bonchev–Trinajstić information content (AvgIpc) is 3.18. The van der Waals surface area contributed by atoms with Crippen LogP contribution in [-0.2, 0) is 0 Å². The van der Waals surface area contributed by atoms with Crippen molar-refractivity contribution in [2.45, 2.75) is 19.9 Å². The van der Waals surface area contributed by atoms with Crippen molar-refractivity contribution >= 4 is 5.91 Å². The van der Waals surface area contributed by atoms with Gasteiger partial charge in [0.1, 0.15) is 11.3 Å². The number of nitrogens with one attached hydrogen (secondary N) is 1. The molecule has 0 unspecified atom stereocenters. The first-order valence-electron chi connectivity index (χ1n) is 6.98. The third-order valence-electron chi connectivity index (χ3n) is 3.50. The fourth-order valence-corrected chi connectivity index (χ4v) is 2.34. The van der Waals surface area contributed by atoms with Gasteiger partial charge < -0.3 is 9.84 Å². The van der Waals surface area contributed by atoms with Gasteiger partial charge in [0.25, 0.3) is 5.91 Å². The van der Waals surface area contributed by atoms with Gasteiger partial charge in [-0.2, -0.15) is 5.10 Å². The molecule has 1 N–H and O–H groups in total. The number of carbonyl (C=O) groups excluding carboxylic acids is 1. The molecular weight excluding hydrogens is 280 g/mol. The van der Waals surface area contributed by atoms with Crippen LogP contribution in [-0.4, -0.2) is 20.8 Å². The number of aryl methyl sites for hydroxylation is 1. The summed E-state index contributed by atoms with van der Waals surface area (Å²) in [5, 5.41) is 10.8. The van der Waals surface area contributed by atoms with Crippen molar-refractivity contribution in [1.29, 1.82) is 0 Å². The first-order valence-corrected chi connectivity index (χ1v) is 6.98. The van der Waals surface area contributed by atoms with Crippen molar-refractivity contribution in [2.75, 3.05) is 0 Å². The molecule has 1 atom stereocenters. The highest BCUT2D eigenvalue weighted by Gasteiger charge is 2.18. The summed E-state index contributed by atoms with van der Waals surface area (Å²) in [5.41, 5.74) is 2.36. The van der Waals surface area contributed by atoms with E-state index in [4.69, 9.17) is 4.52 Å². The van der Waals surface area contributed by atoms with Gasteiger partial charge in [-0.15, -0.1) is 0 Å². The Morgan fingerprint density at radius 2 is 2.14 bits per heavy atom. The van der Waals surface area contributed by atoms with Crippen LogP contribution in [0, 0.1) is 6.92 Å². The van der Waals surface area contributed by atoms with Crippen LogP contribution in [0.1, 0.15) is 34.6 Å². The highest BCUT2D eigenvalue weighted by Crippen LogP contribution is 2.21. The van der Waals surface area contributed by atoms with Gasteiger partial charge in [-0.25, -0.2) is 4.68 Å². The van der Waals surface area contributed by atoms with Gasteiger partial charge in [0.2, 0.25) is 0 Å². The fourth-order valence-electron chi connectivity index (χ4n) is 2.34. The van der Waals surface area contributed by atoms with E-state index in [2.05, 4.69) is 15.6 Å². The summed E-state index contributed by atoms with van der Waals surface area (Å²) in [7, 11) is 0. The molecule has 1 aromatic carbocycles. The predicted octanol–water partition coefficient (Wildman–Crippen LogP) is 2.66. The van der Waals surface area contributed by atoms with Crippen LogP contribution in [0.4, 0.5) is 0 Å². The molecule has 1 amide bonds. The molecule has 0 radical (unpaired) electrons. The Balaban J connectivity index is 1.86. The van der Waals surface area contributed by atoms with Crippen molar-refractivity contribution in [2.24, 2.45) is 0 Å². The molecular formula is C16H16N4O2. The lowest BCUT2D eigenvalue weighted by Crippen LogP contribution is -2.27. The minimum atomic E-state index is -0.207. The van der Waals surface area contributed by atoms with E-state index >= 15 is 0 Å². The van der Waals surface area contributed by atoms with Gasteiger partial charge in [0.15, 0.2) is 0 Å². The van der Waals surface area contributed by atoms with Gasteiger partial charge in [-0.1, -0.05) is 23.4 Å². The molecule has 0 saturated heterocycles. The SMILES string of the molecule is Cc1oncc1C(=O)N[C@H](C)c1ccccc1-n1cccn1.